The van der Waals surface area contributed by atoms with Gasteiger partial charge in [-0.05, 0) is 50.2 Å². The van der Waals surface area contributed by atoms with Gasteiger partial charge in [-0.1, -0.05) is 35.1 Å². The highest BCUT2D eigenvalue weighted by molar-refractivity contribution is 7.22. The van der Waals surface area contributed by atoms with Gasteiger partial charge in [0.2, 0.25) is 0 Å². The molecular formula is C20H19ClN2O3S. The molecule has 3 aromatic rings. The minimum absolute atomic E-state index is 0.155. The zero-order valence-electron chi connectivity index (χ0n) is 15.0. The van der Waals surface area contributed by atoms with Crippen LogP contribution in [0.15, 0.2) is 48.5 Å². The maximum Gasteiger partial charge on any atom is 0.350 e. The Bertz CT molecular complexity index is 932. The van der Waals surface area contributed by atoms with Gasteiger partial charge in [0.05, 0.1) is 23.3 Å². The summed E-state index contributed by atoms with van der Waals surface area (Å²) < 4.78 is 12.6. The number of ether oxygens (including phenoxy) is 2. The average molecular weight is 403 g/mol. The zero-order chi connectivity index (χ0) is 19.0. The van der Waals surface area contributed by atoms with Crippen LogP contribution in [0.2, 0.25) is 5.02 Å². The van der Waals surface area contributed by atoms with Crippen LogP contribution < -0.4 is 9.64 Å². The van der Waals surface area contributed by atoms with Gasteiger partial charge in [-0.3, -0.25) is 0 Å². The number of anilines is 1. The van der Waals surface area contributed by atoms with Crippen LogP contribution in [-0.4, -0.2) is 35.7 Å². The van der Waals surface area contributed by atoms with Gasteiger partial charge in [-0.2, -0.15) is 0 Å². The molecule has 0 N–H and O–H groups in total. The Kier molecular flexibility index (Phi) is 4.70. The van der Waals surface area contributed by atoms with Crippen molar-refractivity contribution in [3.05, 3.63) is 53.6 Å². The van der Waals surface area contributed by atoms with Gasteiger partial charge in [-0.25, -0.2) is 9.78 Å². The predicted octanol–water partition coefficient (Wildman–Crippen LogP) is 4.54. The molecule has 0 bridgehead atoms. The molecule has 4 rings (SSSR count). The standard InChI is InChI=1S/C20H19ClN2O3S/c1-20(2,26-14-9-7-13(21)8-10-14)18(24)25-15-11-23(12-15)19-22-16-5-3-4-6-17(16)27-19/h3-10,15H,11-12H2,1-2H3. The fraction of sp³-hybridized carbons (Fsp3) is 0.300. The second kappa shape index (κ2) is 7.02. The Balaban J connectivity index is 1.33. The van der Waals surface area contributed by atoms with Gasteiger partial charge in [0.15, 0.2) is 10.7 Å². The molecule has 5 nitrogen and oxygen atoms in total. The number of para-hydroxylation sites is 1. The smallest absolute Gasteiger partial charge is 0.350 e. The minimum atomic E-state index is -1.08. The minimum Gasteiger partial charge on any atom is -0.476 e. The maximum absolute atomic E-state index is 12.5. The number of benzene rings is 2. The van der Waals surface area contributed by atoms with Gasteiger partial charge in [0.25, 0.3) is 0 Å². The van der Waals surface area contributed by atoms with E-state index < -0.39 is 5.60 Å². The molecule has 1 aliphatic rings. The van der Waals surface area contributed by atoms with Crippen LogP contribution in [0.25, 0.3) is 10.2 Å². The van der Waals surface area contributed by atoms with Crippen molar-refractivity contribution in [2.75, 3.05) is 18.0 Å². The van der Waals surface area contributed by atoms with Crippen LogP contribution in [0.3, 0.4) is 0 Å². The van der Waals surface area contributed by atoms with Crippen LogP contribution in [0, 0.1) is 0 Å². The molecule has 7 heteroatoms. The van der Waals surface area contributed by atoms with Crippen molar-refractivity contribution in [1.29, 1.82) is 0 Å². The lowest BCUT2D eigenvalue weighted by atomic mass is 10.1. The van der Waals surface area contributed by atoms with Crippen LogP contribution in [0.1, 0.15) is 13.8 Å². The molecule has 1 aliphatic heterocycles. The summed E-state index contributed by atoms with van der Waals surface area (Å²) in [5, 5.41) is 1.58. The van der Waals surface area contributed by atoms with E-state index in [1.165, 1.54) is 0 Å². The molecule has 1 aromatic heterocycles. The Morgan fingerprint density at radius 3 is 2.59 bits per heavy atom. The molecule has 0 unspecified atom stereocenters. The molecule has 1 saturated heterocycles. The lowest BCUT2D eigenvalue weighted by molar-refractivity contribution is -0.166. The number of carbonyl (C=O) groups excluding carboxylic acids is 1. The van der Waals surface area contributed by atoms with Gasteiger partial charge >= 0.3 is 5.97 Å². The molecule has 0 aliphatic carbocycles. The van der Waals surface area contributed by atoms with Gasteiger partial charge in [0.1, 0.15) is 11.9 Å². The average Bonchev–Trinajstić information content (AvgIpc) is 3.02. The second-order valence-electron chi connectivity index (χ2n) is 6.96. The quantitative estimate of drug-likeness (QED) is 0.586. The van der Waals surface area contributed by atoms with E-state index >= 15 is 0 Å². The summed E-state index contributed by atoms with van der Waals surface area (Å²) in [5.74, 6) is 0.192. The molecular weight excluding hydrogens is 384 g/mol. The Labute approximate surface area is 166 Å². The van der Waals surface area contributed by atoms with E-state index in [1.54, 1.807) is 49.4 Å². The molecule has 0 atom stereocenters. The molecule has 1 fully saturated rings. The number of halogens is 1. The third-order valence-electron chi connectivity index (χ3n) is 4.35. The fourth-order valence-electron chi connectivity index (χ4n) is 2.80. The highest BCUT2D eigenvalue weighted by Gasteiger charge is 2.38. The van der Waals surface area contributed by atoms with E-state index in [0.29, 0.717) is 23.9 Å². The molecule has 2 heterocycles. The van der Waals surface area contributed by atoms with E-state index in [2.05, 4.69) is 16.0 Å². The number of carbonyl (C=O) groups is 1. The molecule has 0 radical (unpaired) electrons. The largest absolute Gasteiger partial charge is 0.476 e. The van der Waals surface area contributed by atoms with Crippen LogP contribution in [0.4, 0.5) is 5.13 Å². The summed E-state index contributed by atoms with van der Waals surface area (Å²) >= 11 is 7.52. The first-order chi connectivity index (χ1) is 12.9. The number of thiazole rings is 1. The zero-order valence-corrected chi connectivity index (χ0v) is 16.6. The lowest BCUT2D eigenvalue weighted by Gasteiger charge is -2.39. The summed E-state index contributed by atoms with van der Waals surface area (Å²) in [7, 11) is 0. The van der Waals surface area contributed by atoms with E-state index in [4.69, 9.17) is 21.1 Å². The Morgan fingerprint density at radius 1 is 1.19 bits per heavy atom. The third-order valence-corrected chi connectivity index (χ3v) is 5.70. The number of aromatic nitrogens is 1. The monoisotopic (exact) mass is 402 g/mol. The second-order valence-corrected chi connectivity index (χ2v) is 8.41. The number of rotatable bonds is 5. The first-order valence-electron chi connectivity index (χ1n) is 8.67. The van der Waals surface area contributed by atoms with Crippen molar-refractivity contribution in [1.82, 2.24) is 4.98 Å². The van der Waals surface area contributed by atoms with Crippen molar-refractivity contribution < 1.29 is 14.3 Å². The predicted molar refractivity (Wildman–Crippen MR) is 108 cm³/mol. The van der Waals surface area contributed by atoms with E-state index in [0.717, 1.165) is 15.3 Å². The molecule has 0 spiro atoms. The molecule has 0 amide bonds. The summed E-state index contributed by atoms with van der Waals surface area (Å²) in [6.07, 6.45) is -0.155. The van der Waals surface area contributed by atoms with Crippen molar-refractivity contribution in [2.24, 2.45) is 0 Å². The Hall–Kier alpha value is -2.31. The van der Waals surface area contributed by atoms with Crippen molar-refractivity contribution in [3.63, 3.8) is 0 Å². The molecule has 140 valence electrons. The topological polar surface area (TPSA) is 51.7 Å². The number of hydrogen-bond acceptors (Lipinski definition) is 6. The first-order valence-corrected chi connectivity index (χ1v) is 9.86. The third kappa shape index (κ3) is 3.87. The van der Waals surface area contributed by atoms with Crippen molar-refractivity contribution in [2.45, 2.75) is 25.6 Å². The Morgan fingerprint density at radius 2 is 1.89 bits per heavy atom. The van der Waals surface area contributed by atoms with Gasteiger partial charge in [-0.15, -0.1) is 0 Å². The lowest BCUT2D eigenvalue weighted by Crippen LogP contribution is -2.55. The van der Waals surface area contributed by atoms with Crippen LogP contribution >= 0.6 is 22.9 Å². The highest BCUT2D eigenvalue weighted by atomic mass is 35.5. The summed E-state index contributed by atoms with van der Waals surface area (Å²) in [6, 6.07) is 15.0. The first kappa shape index (κ1) is 18.1. The number of esters is 1. The van der Waals surface area contributed by atoms with Gasteiger partial charge < -0.3 is 14.4 Å². The number of nitrogens with zero attached hydrogens (tertiary/aromatic N) is 2. The fourth-order valence-corrected chi connectivity index (χ4v) is 3.91. The molecule has 2 aromatic carbocycles. The SMILES string of the molecule is CC(C)(Oc1ccc(Cl)cc1)C(=O)OC1CN(c2nc3ccccc3s2)C1. The number of fused-ring (bicyclic) bond motifs is 1. The number of hydrogen-bond donors (Lipinski definition) is 0. The highest BCUT2D eigenvalue weighted by Crippen LogP contribution is 2.32. The molecule has 27 heavy (non-hydrogen) atoms. The summed E-state index contributed by atoms with van der Waals surface area (Å²) in [5.41, 5.74) is -0.0835. The normalized spacial score (nSPS) is 14.9. The maximum atomic E-state index is 12.5. The van der Waals surface area contributed by atoms with Crippen LogP contribution in [-0.2, 0) is 9.53 Å². The van der Waals surface area contributed by atoms with E-state index in [9.17, 15) is 4.79 Å². The van der Waals surface area contributed by atoms with Crippen molar-refractivity contribution in [3.8, 4) is 5.75 Å². The van der Waals surface area contributed by atoms with E-state index in [1.807, 2.05) is 18.2 Å². The van der Waals surface area contributed by atoms with E-state index in [-0.39, 0.29) is 12.1 Å². The van der Waals surface area contributed by atoms with Gasteiger partial charge in [0, 0.05) is 5.02 Å². The summed E-state index contributed by atoms with van der Waals surface area (Å²) in [6.45, 7) is 4.69. The van der Waals surface area contributed by atoms with Crippen molar-refractivity contribution >= 4 is 44.3 Å². The summed E-state index contributed by atoms with van der Waals surface area (Å²) in [4.78, 5) is 19.3. The van der Waals surface area contributed by atoms with Crippen LogP contribution in [0.5, 0.6) is 5.75 Å². The molecule has 0 saturated carbocycles.